The molecule has 0 spiro atoms. The highest BCUT2D eigenvalue weighted by Gasteiger charge is 2.43. The molecule has 1 aromatic heterocycles. The monoisotopic (exact) mass is 301 g/mol. The number of hydrogen-bond acceptors (Lipinski definition) is 2. The van der Waals surface area contributed by atoms with Gasteiger partial charge in [-0.3, -0.25) is 9.69 Å². The second-order valence-corrected chi connectivity index (χ2v) is 6.93. The number of H-pyrrole nitrogens is 1. The first-order chi connectivity index (χ1) is 10.6. The Morgan fingerprint density at radius 1 is 1.45 bits per heavy atom. The van der Waals surface area contributed by atoms with Gasteiger partial charge in [-0.1, -0.05) is 11.6 Å². The number of carbonyl (C=O) groups excluding carboxylic acids is 1. The van der Waals surface area contributed by atoms with Crippen LogP contribution >= 0.6 is 0 Å². The highest BCUT2D eigenvalue weighted by atomic mass is 16.1. The standard InChI is InChI=1S/C18H27N3O/c1-4-12(2)9-21-10-16(14-5-6-14)17(11-21)20-18(22)15-7-8-19-13(15)3/h4,7-8,14,16-17,19H,5-6,9-11H2,1-3H3,(H,20,22)/b12-4+/t16-,17+/m0/s1. The van der Waals surface area contributed by atoms with E-state index in [4.69, 9.17) is 0 Å². The molecule has 1 aliphatic heterocycles. The number of aryl methyl sites for hydroxylation is 1. The fourth-order valence-electron chi connectivity index (χ4n) is 3.59. The van der Waals surface area contributed by atoms with Crippen molar-refractivity contribution in [1.82, 2.24) is 15.2 Å². The fraction of sp³-hybridized carbons (Fsp3) is 0.611. The van der Waals surface area contributed by atoms with Gasteiger partial charge < -0.3 is 10.3 Å². The summed E-state index contributed by atoms with van der Waals surface area (Å²) in [6.07, 6.45) is 6.67. The van der Waals surface area contributed by atoms with E-state index in [1.807, 2.05) is 19.2 Å². The third-order valence-electron chi connectivity index (χ3n) is 5.15. The molecule has 1 amide bonds. The number of likely N-dealkylation sites (tertiary alicyclic amines) is 1. The quantitative estimate of drug-likeness (QED) is 0.822. The summed E-state index contributed by atoms with van der Waals surface area (Å²) in [7, 11) is 0. The first-order valence-corrected chi connectivity index (χ1v) is 8.37. The Bertz CT molecular complexity index is 571. The molecule has 4 nitrogen and oxygen atoms in total. The number of rotatable bonds is 5. The van der Waals surface area contributed by atoms with Crippen molar-refractivity contribution in [3.05, 3.63) is 35.2 Å². The van der Waals surface area contributed by atoms with Crippen LogP contribution in [0.4, 0.5) is 0 Å². The smallest absolute Gasteiger partial charge is 0.253 e. The van der Waals surface area contributed by atoms with E-state index in [-0.39, 0.29) is 5.91 Å². The summed E-state index contributed by atoms with van der Waals surface area (Å²) >= 11 is 0. The average Bonchev–Trinajstić information content (AvgIpc) is 3.13. The van der Waals surface area contributed by atoms with Gasteiger partial charge in [0.05, 0.1) is 5.56 Å². The summed E-state index contributed by atoms with van der Waals surface area (Å²) in [5.74, 6) is 1.50. The van der Waals surface area contributed by atoms with E-state index in [0.29, 0.717) is 12.0 Å². The lowest BCUT2D eigenvalue weighted by Crippen LogP contribution is -2.41. The summed E-state index contributed by atoms with van der Waals surface area (Å²) < 4.78 is 0. The highest BCUT2D eigenvalue weighted by Crippen LogP contribution is 2.41. The first kappa shape index (κ1) is 15.3. The first-order valence-electron chi connectivity index (χ1n) is 8.37. The van der Waals surface area contributed by atoms with Gasteiger partial charge in [0.2, 0.25) is 0 Å². The maximum atomic E-state index is 12.5. The summed E-state index contributed by atoms with van der Waals surface area (Å²) in [5, 5.41) is 3.29. The van der Waals surface area contributed by atoms with Crippen LogP contribution in [0.2, 0.25) is 0 Å². The van der Waals surface area contributed by atoms with Crippen LogP contribution in [0.3, 0.4) is 0 Å². The Morgan fingerprint density at radius 2 is 2.23 bits per heavy atom. The van der Waals surface area contributed by atoms with E-state index >= 15 is 0 Å². The van der Waals surface area contributed by atoms with Crippen molar-refractivity contribution in [2.45, 2.75) is 39.7 Å². The van der Waals surface area contributed by atoms with E-state index in [9.17, 15) is 4.79 Å². The van der Waals surface area contributed by atoms with Crippen LogP contribution in [0.25, 0.3) is 0 Å². The van der Waals surface area contributed by atoms with Crippen LogP contribution in [0.1, 0.15) is 42.7 Å². The van der Waals surface area contributed by atoms with Gasteiger partial charge in [0, 0.05) is 37.6 Å². The number of hydrogen-bond donors (Lipinski definition) is 2. The van der Waals surface area contributed by atoms with Gasteiger partial charge in [-0.15, -0.1) is 0 Å². The van der Waals surface area contributed by atoms with Crippen molar-refractivity contribution in [3.8, 4) is 0 Å². The highest BCUT2D eigenvalue weighted by molar-refractivity contribution is 5.95. The normalized spacial score (nSPS) is 26.4. The van der Waals surface area contributed by atoms with Crippen molar-refractivity contribution >= 4 is 5.91 Å². The van der Waals surface area contributed by atoms with Crippen molar-refractivity contribution in [1.29, 1.82) is 0 Å². The van der Waals surface area contributed by atoms with Gasteiger partial charge in [0.1, 0.15) is 0 Å². The van der Waals surface area contributed by atoms with Gasteiger partial charge in [0.25, 0.3) is 5.91 Å². The average molecular weight is 301 g/mol. The number of carbonyl (C=O) groups is 1. The third kappa shape index (κ3) is 3.27. The molecule has 2 aliphatic rings. The van der Waals surface area contributed by atoms with E-state index in [2.05, 4.69) is 35.1 Å². The van der Waals surface area contributed by atoms with Gasteiger partial charge in [-0.25, -0.2) is 0 Å². The van der Waals surface area contributed by atoms with Gasteiger partial charge in [-0.05, 0) is 51.5 Å². The van der Waals surface area contributed by atoms with Crippen LogP contribution in [0.15, 0.2) is 23.9 Å². The Morgan fingerprint density at radius 3 is 2.82 bits per heavy atom. The Labute approximate surface area is 133 Å². The minimum atomic E-state index is 0.0685. The Balaban J connectivity index is 1.66. The van der Waals surface area contributed by atoms with E-state index in [1.165, 1.54) is 18.4 Å². The SMILES string of the molecule is C/C=C(\C)CN1C[C@@H](NC(=O)c2cc[nH]c2C)[C@H](C2CC2)C1. The maximum absolute atomic E-state index is 12.5. The molecule has 2 heterocycles. The van der Waals surface area contributed by atoms with Crippen LogP contribution < -0.4 is 5.32 Å². The topological polar surface area (TPSA) is 48.1 Å². The number of aromatic amines is 1. The second-order valence-electron chi connectivity index (χ2n) is 6.93. The zero-order valence-corrected chi connectivity index (χ0v) is 13.9. The predicted octanol–water partition coefficient (Wildman–Crippen LogP) is 2.73. The molecule has 2 N–H and O–H groups in total. The van der Waals surface area contributed by atoms with Gasteiger partial charge >= 0.3 is 0 Å². The molecule has 0 radical (unpaired) electrons. The number of amides is 1. The molecule has 1 aliphatic carbocycles. The molecular weight excluding hydrogens is 274 g/mol. The summed E-state index contributed by atoms with van der Waals surface area (Å²) in [6.45, 7) is 9.34. The fourth-order valence-corrected chi connectivity index (χ4v) is 3.59. The summed E-state index contributed by atoms with van der Waals surface area (Å²) in [6, 6.07) is 2.16. The van der Waals surface area contributed by atoms with Crippen molar-refractivity contribution in [2.24, 2.45) is 11.8 Å². The van der Waals surface area contributed by atoms with Crippen molar-refractivity contribution in [3.63, 3.8) is 0 Å². The minimum absolute atomic E-state index is 0.0685. The number of nitrogens with zero attached hydrogens (tertiary/aromatic N) is 1. The molecule has 1 saturated heterocycles. The molecular formula is C18H27N3O. The maximum Gasteiger partial charge on any atom is 0.253 e. The molecule has 0 aromatic carbocycles. The summed E-state index contributed by atoms with van der Waals surface area (Å²) in [4.78, 5) is 18.1. The molecule has 22 heavy (non-hydrogen) atoms. The molecule has 1 saturated carbocycles. The zero-order chi connectivity index (χ0) is 15.7. The lowest BCUT2D eigenvalue weighted by molar-refractivity contribution is 0.0927. The number of allylic oxidation sites excluding steroid dienone is 1. The third-order valence-corrected chi connectivity index (χ3v) is 5.15. The molecule has 4 heteroatoms. The lowest BCUT2D eigenvalue weighted by Gasteiger charge is -2.19. The van der Waals surface area contributed by atoms with Gasteiger partial charge in [-0.2, -0.15) is 0 Å². The molecule has 0 bridgehead atoms. The summed E-state index contributed by atoms with van der Waals surface area (Å²) in [5.41, 5.74) is 3.13. The molecule has 2 atom stereocenters. The van der Waals surface area contributed by atoms with E-state index < -0.39 is 0 Å². The minimum Gasteiger partial charge on any atom is -0.365 e. The number of aromatic nitrogens is 1. The Hall–Kier alpha value is -1.55. The molecule has 120 valence electrons. The van der Waals surface area contributed by atoms with Crippen LogP contribution in [-0.4, -0.2) is 41.5 Å². The number of nitrogens with one attached hydrogen (secondary N) is 2. The van der Waals surface area contributed by atoms with Crippen molar-refractivity contribution < 1.29 is 4.79 Å². The second kappa shape index (κ2) is 6.29. The van der Waals surface area contributed by atoms with Gasteiger partial charge in [0.15, 0.2) is 0 Å². The zero-order valence-electron chi connectivity index (χ0n) is 13.9. The molecule has 1 aromatic rings. The lowest BCUT2D eigenvalue weighted by atomic mass is 9.98. The van der Waals surface area contributed by atoms with E-state index in [0.717, 1.165) is 36.8 Å². The predicted molar refractivity (Wildman–Crippen MR) is 88.9 cm³/mol. The Kier molecular flexibility index (Phi) is 4.39. The molecule has 2 fully saturated rings. The van der Waals surface area contributed by atoms with Crippen LogP contribution in [-0.2, 0) is 0 Å². The molecule has 0 unspecified atom stereocenters. The van der Waals surface area contributed by atoms with E-state index in [1.54, 1.807) is 0 Å². The van der Waals surface area contributed by atoms with Crippen LogP contribution in [0.5, 0.6) is 0 Å². The molecule has 3 rings (SSSR count). The van der Waals surface area contributed by atoms with Crippen LogP contribution in [0, 0.1) is 18.8 Å². The van der Waals surface area contributed by atoms with Crippen molar-refractivity contribution in [2.75, 3.05) is 19.6 Å². The largest absolute Gasteiger partial charge is 0.365 e.